The van der Waals surface area contributed by atoms with Gasteiger partial charge in [-0.25, -0.2) is 4.79 Å². The first-order chi connectivity index (χ1) is 10.1. The summed E-state index contributed by atoms with van der Waals surface area (Å²) in [4.78, 5) is 17.3. The molecule has 2 aromatic rings. The fourth-order valence-electron chi connectivity index (χ4n) is 1.98. The van der Waals surface area contributed by atoms with Crippen LogP contribution in [0.5, 0.6) is 0 Å². The molecule has 0 atom stereocenters. The average Bonchev–Trinajstić information content (AvgIpc) is 2.49. The lowest BCUT2D eigenvalue weighted by Gasteiger charge is -2.12. The maximum atomic E-state index is 11.4. The van der Waals surface area contributed by atoms with E-state index in [0.717, 1.165) is 16.5 Å². The van der Waals surface area contributed by atoms with Crippen molar-refractivity contribution in [2.75, 3.05) is 27.2 Å². The van der Waals surface area contributed by atoms with Gasteiger partial charge in [-0.1, -0.05) is 17.7 Å². The van der Waals surface area contributed by atoms with E-state index in [-0.39, 0.29) is 6.03 Å². The molecule has 0 aliphatic heterocycles. The third-order valence-corrected chi connectivity index (χ3v) is 3.43. The number of fused-ring (bicyclic) bond motifs is 1. The number of nitrogens with one attached hydrogen (secondary N) is 2. The Morgan fingerprint density at radius 2 is 2.10 bits per heavy atom. The lowest BCUT2D eigenvalue weighted by atomic mass is 10.1. The second-order valence-corrected chi connectivity index (χ2v) is 5.32. The number of benzene rings is 1. The molecule has 0 aliphatic carbocycles. The number of hydrogen-bond donors (Lipinski definition) is 2. The molecular formula is C15H19ClN4O. The standard InChI is InChI=1S/C15H19ClN4O/c1-20(2)15(21)19-9-8-17-10-11-5-6-13(16)12-4-3-7-18-14(11)12/h3-7,17H,8-10H2,1-2H3,(H,19,21). The highest BCUT2D eigenvalue weighted by Crippen LogP contribution is 2.24. The SMILES string of the molecule is CN(C)C(=O)NCCNCc1ccc(Cl)c2cccnc12. The highest BCUT2D eigenvalue weighted by Gasteiger charge is 2.05. The second kappa shape index (κ2) is 7.24. The van der Waals surface area contributed by atoms with Crippen molar-refractivity contribution in [3.8, 4) is 0 Å². The number of amides is 2. The lowest BCUT2D eigenvalue weighted by Crippen LogP contribution is -2.38. The highest BCUT2D eigenvalue weighted by molar-refractivity contribution is 6.35. The zero-order valence-corrected chi connectivity index (χ0v) is 12.9. The largest absolute Gasteiger partial charge is 0.337 e. The van der Waals surface area contributed by atoms with E-state index in [1.807, 2.05) is 24.3 Å². The van der Waals surface area contributed by atoms with Gasteiger partial charge in [-0.05, 0) is 23.8 Å². The van der Waals surface area contributed by atoms with Gasteiger partial charge >= 0.3 is 6.03 Å². The Morgan fingerprint density at radius 3 is 2.86 bits per heavy atom. The fourth-order valence-corrected chi connectivity index (χ4v) is 2.19. The van der Waals surface area contributed by atoms with Crippen LogP contribution in [-0.4, -0.2) is 43.1 Å². The van der Waals surface area contributed by atoms with Gasteiger partial charge in [-0.2, -0.15) is 0 Å². The van der Waals surface area contributed by atoms with Crippen molar-refractivity contribution in [3.05, 3.63) is 41.0 Å². The number of aromatic nitrogens is 1. The van der Waals surface area contributed by atoms with Crippen LogP contribution in [0.15, 0.2) is 30.5 Å². The van der Waals surface area contributed by atoms with E-state index in [0.29, 0.717) is 24.7 Å². The predicted octanol–water partition coefficient (Wildman–Crippen LogP) is 2.25. The Bertz CT molecular complexity index is 630. The summed E-state index contributed by atoms with van der Waals surface area (Å²) in [6, 6.07) is 7.61. The van der Waals surface area contributed by atoms with Crippen molar-refractivity contribution >= 4 is 28.5 Å². The molecule has 0 unspecified atom stereocenters. The van der Waals surface area contributed by atoms with Crippen molar-refractivity contribution in [2.24, 2.45) is 0 Å². The van der Waals surface area contributed by atoms with Gasteiger partial charge in [0.1, 0.15) is 0 Å². The minimum atomic E-state index is -0.0876. The minimum absolute atomic E-state index is 0.0876. The number of halogens is 1. The molecule has 0 saturated heterocycles. The molecule has 1 heterocycles. The molecule has 0 aliphatic rings. The first-order valence-corrected chi connectivity index (χ1v) is 7.15. The molecular weight excluding hydrogens is 288 g/mol. The molecule has 2 N–H and O–H groups in total. The van der Waals surface area contributed by atoms with Gasteiger partial charge in [0, 0.05) is 50.3 Å². The van der Waals surface area contributed by atoms with Crippen LogP contribution >= 0.6 is 11.6 Å². The molecule has 0 saturated carbocycles. The summed E-state index contributed by atoms with van der Waals surface area (Å²) in [5.41, 5.74) is 2.00. The van der Waals surface area contributed by atoms with Gasteiger partial charge in [-0.15, -0.1) is 0 Å². The van der Waals surface area contributed by atoms with Crippen molar-refractivity contribution < 1.29 is 4.79 Å². The highest BCUT2D eigenvalue weighted by atomic mass is 35.5. The van der Waals surface area contributed by atoms with E-state index < -0.39 is 0 Å². The number of carbonyl (C=O) groups is 1. The van der Waals surface area contributed by atoms with Gasteiger partial charge in [0.05, 0.1) is 5.52 Å². The lowest BCUT2D eigenvalue weighted by molar-refractivity contribution is 0.217. The molecule has 0 bridgehead atoms. The van der Waals surface area contributed by atoms with E-state index in [4.69, 9.17) is 11.6 Å². The minimum Gasteiger partial charge on any atom is -0.337 e. The first-order valence-electron chi connectivity index (χ1n) is 6.77. The van der Waals surface area contributed by atoms with E-state index >= 15 is 0 Å². The molecule has 0 fully saturated rings. The van der Waals surface area contributed by atoms with Crippen molar-refractivity contribution in [1.82, 2.24) is 20.5 Å². The Hall–Kier alpha value is -1.85. The van der Waals surface area contributed by atoms with E-state index in [9.17, 15) is 4.79 Å². The number of urea groups is 1. The summed E-state index contributed by atoms with van der Waals surface area (Å²) in [5.74, 6) is 0. The van der Waals surface area contributed by atoms with Crippen molar-refractivity contribution in [3.63, 3.8) is 0 Å². The Kier molecular flexibility index (Phi) is 5.36. The van der Waals surface area contributed by atoms with Crippen LogP contribution in [0.3, 0.4) is 0 Å². The Balaban J connectivity index is 1.90. The number of rotatable bonds is 5. The van der Waals surface area contributed by atoms with Gasteiger partial charge < -0.3 is 15.5 Å². The molecule has 0 spiro atoms. The van der Waals surface area contributed by atoms with Crippen molar-refractivity contribution in [1.29, 1.82) is 0 Å². The topological polar surface area (TPSA) is 57.3 Å². The zero-order chi connectivity index (χ0) is 15.2. The molecule has 1 aromatic heterocycles. The van der Waals surface area contributed by atoms with Crippen LogP contribution in [0.2, 0.25) is 5.02 Å². The molecule has 5 nitrogen and oxygen atoms in total. The number of hydrogen-bond acceptors (Lipinski definition) is 3. The number of pyridine rings is 1. The molecule has 2 rings (SSSR count). The van der Waals surface area contributed by atoms with Gasteiger partial charge in [0.2, 0.25) is 0 Å². The molecule has 21 heavy (non-hydrogen) atoms. The van der Waals surface area contributed by atoms with Crippen LogP contribution in [0, 0.1) is 0 Å². The molecule has 112 valence electrons. The zero-order valence-electron chi connectivity index (χ0n) is 12.2. The fraction of sp³-hybridized carbons (Fsp3) is 0.333. The maximum absolute atomic E-state index is 11.4. The summed E-state index contributed by atoms with van der Waals surface area (Å²) >= 11 is 6.16. The number of nitrogens with zero attached hydrogens (tertiary/aromatic N) is 2. The smallest absolute Gasteiger partial charge is 0.316 e. The Morgan fingerprint density at radius 1 is 1.29 bits per heavy atom. The molecule has 1 aromatic carbocycles. The van der Waals surface area contributed by atoms with E-state index in [1.165, 1.54) is 4.90 Å². The quantitative estimate of drug-likeness (QED) is 0.833. The molecule has 0 radical (unpaired) electrons. The Labute approximate surface area is 129 Å². The third kappa shape index (κ3) is 4.06. The predicted molar refractivity (Wildman–Crippen MR) is 85.5 cm³/mol. The van der Waals surface area contributed by atoms with Crippen LogP contribution in [-0.2, 0) is 6.54 Å². The summed E-state index contributed by atoms with van der Waals surface area (Å²) in [6.07, 6.45) is 1.76. The van der Waals surface area contributed by atoms with Crippen LogP contribution in [0.25, 0.3) is 10.9 Å². The first kappa shape index (κ1) is 15.5. The van der Waals surface area contributed by atoms with E-state index in [1.54, 1.807) is 20.3 Å². The summed E-state index contributed by atoms with van der Waals surface area (Å²) in [5, 5.41) is 7.76. The van der Waals surface area contributed by atoms with Crippen LogP contribution in [0.4, 0.5) is 4.79 Å². The van der Waals surface area contributed by atoms with Gasteiger partial charge in [0.25, 0.3) is 0 Å². The van der Waals surface area contributed by atoms with Gasteiger partial charge in [-0.3, -0.25) is 4.98 Å². The van der Waals surface area contributed by atoms with Gasteiger partial charge in [0.15, 0.2) is 0 Å². The summed E-state index contributed by atoms with van der Waals surface area (Å²) in [7, 11) is 3.43. The van der Waals surface area contributed by atoms with Crippen LogP contribution < -0.4 is 10.6 Å². The normalized spacial score (nSPS) is 10.6. The summed E-state index contributed by atoms with van der Waals surface area (Å²) < 4.78 is 0. The third-order valence-electron chi connectivity index (χ3n) is 3.10. The average molecular weight is 307 g/mol. The maximum Gasteiger partial charge on any atom is 0.316 e. The number of carbonyl (C=O) groups excluding carboxylic acids is 1. The monoisotopic (exact) mass is 306 g/mol. The second-order valence-electron chi connectivity index (χ2n) is 4.91. The van der Waals surface area contributed by atoms with Crippen molar-refractivity contribution in [2.45, 2.75) is 6.54 Å². The van der Waals surface area contributed by atoms with Crippen LogP contribution in [0.1, 0.15) is 5.56 Å². The molecule has 6 heteroatoms. The van der Waals surface area contributed by atoms with E-state index in [2.05, 4.69) is 15.6 Å². The molecule has 2 amide bonds. The summed E-state index contributed by atoms with van der Waals surface area (Å²) in [6.45, 7) is 1.95.